The average Bonchev–Trinajstić information content (AvgIpc) is 2.76. The number of hydrogen-bond donors (Lipinski definition) is 1. The van der Waals surface area contributed by atoms with Crippen molar-refractivity contribution < 1.29 is 18.7 Å². The van der Waals surface area contributed by atoms with Gasteiger partial charge in [-0.1, -0.05) is 6.92 Å². The molecule has 1 N–H and O–H groups in total. The van der Waals surface area contributed by atoms with Crippen LogP contribution >= 0.6 is 0 Å². The number of likely N-dealkylation sites (tertiary alicyclic amines) is 1. The number of imidazole rings is 1. The van der Waals surface area contributed by atoms with Gasteiger partial charge in [-0.15, -0.1) is 0 Å². The summed E-state index contributed by atoms with van der Waals surface area (Å²) in [5.74, 6) is -0.682. The topological polar surface area (TPSA) is 58.4 Å². The van der Waals surface area contributed by atoms with E-state index in [1.54, 1.807) is 4.90 Å². The summed E-state index contributed by atoms with van der Waals surface area (Å²) in [7, 11) is 0. The molecule has 2 rings (SSSR count). The monoisotopic (exact) mass is 273 g/mol. The summed E-state index contributed by atoms with van der Waals surface area (Å²) in [6.07, 6.45) is 4.24. The van der Waals surface area contributed by atoms with E-state index in [0.717, 1.165) is 17.4 Å². The lowest BCUT2D eigenvalue weighted by molar-refractivity contribution is -0.147. The third-order valence-electron chi connectivity index (χ3n) is 3.59. The highest BCUT2D eigenvalue weighted by atomic mass is 19.3. The van der Waals surface area contributed by atoms with E-state index in [0.29, 0.717) is 6.54 Å². The number of alkyl halides is 2. The second-order valence-corrected chi connectivity index (χ2v) is 4.90. The number of halogens is 2. The lowest BCUT2D eigenvalue weighted by atomic mass is 9.91. The molecule has 0 amide bonds. The fourth-order valence-electron chi connectivity index (χ4n) is 2.68. The van der Waals surface area contributed by atoms with Gasteiger partial charge in [0.05, 0.1) is 6.54 Å². The van der Waals surface area contributed by atoms with Crippen LogP contribution in [0.3, 0.4) is 0 Å². The number of aromatic nitrogens is 2. The second-order valence-electron chi connectivity index (χ2n) is 4.90. The molecular formula is C12H17F2N3O2. The number of piperidine rings is 1. The van der Waals surface area contributed by atoms with Crippen LogP contribution in [0.25, 0.3) is 0 Å². The molecule has 5 nitrogen and oxygen atoms in total. The number of nitrogens with zero attached hydrogens (tertiary/aromatic N) is 3. The molecule has 0 aromatic carbocycles. The summed E-state index contributed by atoms with van der Waals surface area (Å²) >= 11 is 0. The maximum absolute atomic E-state index is 12.7. The van der Waals surface area contributed by atoms with Gasteiger partial charge in [0, 0.05) is 12.4 Å². The second kappa shape index (κ2) is 5.64. The standard InChI is InChI=1S/C12H17F2N3O2/c1-8-3-2-5-16(10(8)11(18)19)7-9-15-4-6-17(9)12(13)14/h4,6,8,10,12H,2-3,5,7H2,1H3,(H,18,19). The Morgan fingerprint density at radius 3 is 3.00 bits per heavy atom. The van der Waals surface area contributed by atoms with Gasteiger partial charge in [0.15, 0.2) is 0 Å². The van der Waals surface area contributed by atoms with Crippen LogP contribution in [-0.4, -0.2) is 38.1 Å². The van der Waals surface area contributed by atoms with Gasteiger partial charge in [0.1, 0.15) is 11.9 Å². The maximum atomic E-state index is 12.7. The molecule has 106 valence electrons. The summed E-state index contributed by atoms with van der Waals surface area (Å²) in [5, 5.41) is 9.27. The van der Waals surface area contributed by atoms with Crippen molar-refractivity contribution in [2.45, 2.75) is 38.9 Å². The highest BCUT2D eigenvalue weighted by Crippen LogP contribution is 2.25. The molecule has 2 heterocycles. The van der Waals surface area contributed by atoms with Crippen LogP contribution in [0.2, 0.25) is 0 Å². The summed E-state index contributed by atoms with van der Waals surface area (Å²) in [6, 6.07) is -0.628. The molecule has 1 saturated heterocycles. The Morgan fingerprint density at radius 1 is 1.63 bits per heavy atom. The Morgan fingerprint density at radius 2 is 2.37 bits per heavy atom. The van der Waals surface area contributed by atoms with Gasteiger partial charge in [-0.05, 0) is 25.3 Å². The highest BCUT2D eigenvalue weighted by molar-refractivity contribution is 5.74. The average molecular weight is 273 g/mol. The zero-order chi connectivity index (χ0) is 14.0. The number of aliphatic carboxylic acids is 1. The van der Waals surface area contributed by atoms with Crippen LogP contribution in [-0.2, 0) is 11.3 Å². The van der Waals surface area contributed by atoms with Crippen LogP contribution in [0.5, 0.6) is 0 Å². The van der Waals surface area contributed by atoms with Crippen LogP contribution in [0.1, 0.15) is 32.1 Å². The van der Waals surface area contributed by atoms with Gasteiger partial charge in [-0.2, -0.15) is 8.78 Å². The van der Waals surface area contributed by atoms with Crippen LogP contribution in [0.15, 0.2) is 12.4 Å². The fourth-order valence-corrected chi connectivity index (χ4v) is 2.68. The Balaban J connectivity index is 2.16. The Labute approximate surface area is 109 Å². The van der Waals surface area contributed by atoms with Gasteiger partial charge in [-0.25, -0.2) is 4.98 Å². The number of hydrogen-bond acceptors (Lipinski definition) is 3. The zero-order valence-corrected chi connectivity index (χ0v) is 10.7. The van der Waals surface area contributed by atoms with E-state index < -0.39 is 18.6 Å². The minimum absolute atomic E-state index is 0.0150. The zero-order valence-electron chi connectivity index (χ0n) is 10.7. The molecule has 0 spiro atoms. The Kier molecular flexibility index (Phi) is 4.14. The molecule has 0 aliphatic carbocycles. The molecule has 1 aromatic heterocycles. The van der Waals surface area contributed by atoms with Gasteiger partial charge in [-0.3, -0.25) is 14.3 Å². The van der Waals surface area contributed by atoms with Crippen molar-refractivity contribution in [1.82, 2.24) is 14.5 Å². The molecule has 1 aromatic rings. The van der Waals surface area contributed by atoms with Gasteiger partial charge >= 0.3 is 12.5 Å². The maximum Gasteiger partial charge on any atom is 0.321 e. The smallest absolute Gasteiger partial charge is 0.321 e. The molecule has 1 fully saturated rings. The van der Waals surface area contributed by atoms with Crippen LogP contribution < -0.4 is 0 Å². The molecule has 0 radical (unpaired) electrons. The first-order valence-electron chi connectivity index (χ1n) is 6.27. The van der Waals surface area contributed by atoms with Crippen molar-refractivity contribution >= 4 is 5.97 Å². The molecule has 19 heavy (non-hydrogen) atoms. The molecule has 1 aliphatic heterocycles. The van der Waals surface area contributed by atoms with Crippen molar-refractivity contribution in [2.75, 3.05) is 6.54 Å². The number of carboxylic acid groups (broad SMARTS) is 1. The first-order valence-corrected chi connectivity index (χ1v) is 6.27. The fraction of sp³-hybridized carbons (Fsp3) is 0.667. The van der Waals surface area contributed by atoms with Crippen molar-refractivity contribution in [3.63, 3.8) is 0 Å². The van der Waals surface area contributed by atoms with Crippen molar-refractivity contribution in [2.24, 2.45) is 5.92 Å². The minimum atomic E-state index is -2.65. The normalized spacial score (nSPS) is 24.8. The van der Waals surface area contributed by atoms with E-state index in [4.69, 9.17) is 0 Å². The largest absolute Gasteiger partial charge is 0.480 e. The third kappa shape index (κ3) is 2.91. The van der Waals surface area contributed by atoms with Crippen LogP contribution in [0, 0.1) is 5.92 Å². The highest BCUT2D eigenvalue weighted by Gasteiger charge is 2.34. The predicted molar refractivity (Wildman–Crippen MR) is 63.7 cm³/mol. The minimum Gasteiger partial charge on any atom is -0.480 e. The van der Waals surface area contributed by atoms with Gasteiger partial charge in [0.25, 0.3) is 0 Å². The van der Waals surface area contributed by atoms with E-state index in [9.17, 15) is 18.7 Å². The molecular weight excluding hydrogens is 256 g/mol. The summed E-state index contributed by atoms with van der Waals surface area (Å²) in [4.78, 5) is 16.9. The van der Waals surface area contributed by atoms with E-state index in [2.05, 4.69) is 4.98 Å². The van der Waals surface area contributed by atoms with Crippen molar-refractivity contribution in [1.29, 1.82) is 0 Å². The lowest BCUT2D eigenvalue weighted by Crippen LogP contribution is -2.49. The first kappa shape index (κ1) is 13.9. The van der Waals surface area contributed by atoms with Crippen molar-refractivity contribution in [3.05, 3.63) is 18.2 Å². The Hall–Kier alpha value is -1.50. The number of rotatable bonds is 4. The van der Waals surface area contributed by atoms with Gasteiger partial charge < -0.3 is 5.11 Å². The number of carboxylic acids is 1. The number of carbonyl (C=O) groups is 1. The lowest BCUT2D eigenvalue weighted by Gasteiger charge is -2.36. The summed E-state index contributed by atoms with van der Waals surface area (Å²) in [6.45, 7) is -0.0383. The molecule has 1 aliphatic rings. The molecule has 0 saturated carbocycles. The molecule has 2 unspecified atom stereocenters. The SMILES string of the molecule is CC1CCCN(Cc2nccn2C(F)F)C1C(=O)O. The Bertz CT molecular complexity index is 450. The van der Waals surface area contributed by atoms with E-state index >= 15 is 0 Å². The van der Waals surface area contributed by atoms with Crippen LogP contribution in [0.4, 0.5) is 8.78 Å². The molecule has 0 bridgehead atoms. The molecule has 2 atom stereocenters. The van der Waals surface area contributed by atoms with Gasteiger partial charge in [0.2, 0.25) is 0 Å². The van der Waals surface area contributed by atoms with E-state index in [1.807, 2.05) is 6.92 Å². The predicted octanol–water partition coefficient (Wildman–Crippen LogP) is 1.96. The third-order valence-corrected chi connectivity index (χ3v) is 3.59. The molecule has 7 heteroatoms. The van der Waals surface area contributed by atoms with Crippen molar-refractivity contribution in [3.8, 4) is 0 Å². The van der Waals surface area contributed by atoms with E-state index in [-0.39, 0.29) is 18.3 Å². The van der Waals surface area contributed by atoms with E-state index in [1.165, 1.54) is 12.4 Å². The quantitative estimate of drug-likeness (QED) is 0.911. The first-order chi connectivity index (χ1) is 9.00. The summed E-state index contributed by atoms with van der Waals surface area (Å²) < 4.78 is 26.2. The summed E-state index contributed by atoms with van der Waals surface area (Å²) in [5.41, 5.74) is 0.